The third kappa shape index (κ3) is 16.7. The minimum atomic E-state index is -0.910. The van der Waals surface area contributed by atoms with Crippen LogP contribution in [0.2, 0.25) is 0 Å². The highest BCUT2D eigenvalue weighted by Gasteiger charge is 1.89. The van der Waals surface area contributed by atoms with Crippen LogP contribution in [0, 0.1) is 0 Å². The second kappa shape index (κ2) is 14.7. The molecule has 0 heterocycles. The maximum Gasteiger partial charge on any atom is 0.328 e. The minimum Gasteiger partial charge on any atom is -0.478 e. The molecule has 0 fully saturated rings. The van der Waals surface area contributed by atoms with E-state index in [2.05, 4.69) is 13.0 Å². The Morgan fingerprint density at radius 2 is 1.42 bits per heavy atom. The topological polar surface area (TPSA) is 37.3 Å². The summed E-state index contributed by atoms with van der Waals surface area (Å²) in [5, 5.41) is 8.37. The summed E-state index contributed by atoms with van der Waals surface area (Å²) >= 11 is 0. The number of hydrogen-bond donors (Lipinski definition) is 1. The lowest BCUT2D eigenvalue weighted by Gasteiger charge is -1.99. The van der Waals surface area contributed by atoms with Crippen molar-refractivity contribution in [1.29, 1.82) is 0 Å². The quantitative estimate of drug-likeness (QED) is 0.296. The van der Waals surface area contributed by atoms with Gasteiger partial charge in [0.25, 0.3) is 0 Å². The fourth-order valence-corrected chi connectivity index (χ4v) is 1.84. The van der Waals surface area contributed by atoms with Crippen LogP contribution in [0.25, 0.3) is 0 Å². The number of allylic oxidation sites excluding steroid dienone is 5. The average molecular weight is 264 g/mol. The van der Waals surface area contributed by atoms with Gasteiger partial charge in [-0.2, -0.15) is 0 Å². The maximum atomic E-state index is 10.2. The fraction of sp³-hybridized carbons (Fsp3) is 0.588. The van der Waals surface area contributed by atoms with E-state index in [0.717, 1.165) is 12.5 Å². The lowest BCUT2D eigenvalue weighted by atomic mass is 10.1. The molecule has 0 spiro atoms. The lowest BCUT2D eigenvalue weighted by Crippen LogP contribution is -1.84. The molecule has 0 aliphatic carbocycles. The highest BCUT2D eigenvalue weighted by atomic mass is 16.4. The third-order valence-electron chi connectivity index (χ3n) is 2.93. The molecule has 0 bridgehead atoms. The van der Waals surface area contributed by atoms with E-state index < -0.39 is 5.97 Å². The lowest BCUT2D eigenvalue weighted by molar-refractivity contribution is -0.131. The van der Waals surface area contributed by atoms with E-state index in [1.54, 1.807) is 6.08 Å². The van der Waals surface area contributed by atoms with Gasteiger partial charge in [0.2, 0.25) is 0 Å². The summed E-state index contributed by atoms with van der Waals surface area (Å²) < 4.78 is 0. The summed E-state index contributed by atoms with van der Waals surface area (Å²) in [5.41, 5.74) is 0. The van der Waals surface area contributed by atoms with E-state index in [4.69, 9.17) is 5.11 Å². The number of carboxylic acid groups (broad SMARTS) is 1. The van der Waals surface area contributed by atoms with Crippen LogP contribution >= 0.6 is 0 Å². The molecule has 2 nitrogen and oxygen atoms in total. The second-order valence-electron chi connectivity index (χ2n) is 4.77. The summed E-state index contributed by atoms with van der Waals surface area (Å²) in [5.74, 6) is -0.910. The Labute approximate surface area is 117 Å². The van der Waals surface area contributed by atoms with Crippen molar-refractivity contribution in [2.24, 2.45) is 0 Å². The number of unbranched alkanes of at least 4 members (excludes halogenated alkanes) is 8. The molecular weight excluding hydrogens is 236 g/mol. The van der Waals surface area contributed by atoms with Gasteiger partial charge in [0, 0.05) is 6.08 Å². The van der Waals surface area contributed by atoms with Crippen LogP contribution in [0.5, 0.6) is 0 Å². The molecule has 0 atom stereocenters. The van der Waals surface area contributed by atoms with E-state index in [9.17, 15) is 4.79 Å². The standard InChI is InChI=1S/C17H28O2/c1-2-3-4-5-6-7-8-9-10-11-12-13-14-15-16-17(18)19/h11-16H,2-10H2,1H3,(H,18,19)/b12-11-,14-13-,16-15-. The van der Waals surface area contributed by atoms with Gasteiger partial charge in [-0.15, -0.1) is 0 Å². The maximum absolute atomic E-state index is 10.2. The van der Waals surface area contributed by atoms with Crippen LogP contribution in [0.1, 0.15) is 64.7 Å². The number of carbonyl (C=O) groups is 1. The van der Waals surface area contributed by atoms with Gasteiger partial charge in [-0.3, -0.25) is 0 Å². The molecule has 0 aliphatic rings. The summed E-state index contributed by atoms with van der Waals surface area (Å²) in [6, 6.07) is 0. The molecule has 0 aromatic carbocycles. The first-order valence-electron chi connectivity index (χ1n) is 7.50. The van der Waals surface area contributed by atoms with E-state index in [1.165, 1.54) is 57.4 Å². The first-order chi connectivity index (χ1) is 9.27. The molecule has 0 aromatic heterocycles. The van der Waals surface area contributed by atoms with E-state index in [-0.39, 0.29) is 0 Å². The monoisotopic (exact) mass is 264 g/mol. The van der Waals surface area contributed by atoms with E-state index in [0.29, 0.717) is 0 Å². The van der Waals surface area contributed by atoms with E-state index >= 15 is 0 Å². The summed E-state index contributed by atoms with van der Waals surface area (Å²) in [6.07, 6.45) is 22.3. The predicted octanol–water partition coefficient (Wildman–Crippen LogP) is 5.27. The molecule has 2 heteroatoms. The Bertz CT molecular complexity index is 288. The van der Waals surface area contributed by atoms with Gasteiger partial charge < -0.3 is 5.11 Å². The molecule has 0 radical (unpaired) electrons. The molecule has 0 rings (SSSR count). The third-order valence-corrected chi connectivity index (χ3v) is 2.93. The second-order valence-corrected chi connectivity index (χ2v) is 4.77. The Morgan fingerprint density at radius 3 is 2.05 bits per heavy atom. The Hall–Kier alpha value is -1.31. The zero-order chi connectivity index (χ0) is 14.2. The van der Waals surface area contributed by atoms with Crippen LogP contribution < -0.4 is 0 Å². The molecule has 1 N–H and O–H groups in total. The highest BCUT2D eigenvalue weighted by Crippen LogP contribution is 2.09. The van der Waals surface area contributed by atoms with Crippen molar-refractivity contribution < 1.29 is 9.90 Å². The van der Waals surface area contributed by atoms with Gasteiger partial charge in [0.15, 0.2) is 0 Å². The predicted molar refractivity (Wildman–Crippen MR) is 82.3 cm³/mol. The minimum absolute atomic E-state index is 0.910. The van der Waals surface area contributed by atoms with Gasteiger partial charge in [-0.05, 0) is 12.8 Å². The largest absolute Gasteiger partial charge is 0.478 e. The summed E-state index contributed by atoms with van der Waals surface area (Å²) in [4.78, 5) is 10.2. The molecule has 108 valence electrons. The zero-order valence-electron chi connectivity index (χ0n) is 12.2. The van der Waals surface area contributed by atoms with Crippen molar-refractivity contribution >= 4 is 5.97 Å². The molecule has 0 aromatic rings. The summed E-state index contributed by atoms with van der Waals surface area (Å²) in [7, 11) is 0. The van der Waals surface area contributed by atoms with Gasteiger partial charge in [0.05, 0.1) is 0 Å². The Morgan fingerprint density at radius 1 is 0.842 bits per heavy atom. The van der Waals surface area contributed by atoms with Gasteiger partial charge in [-0.25, -0.2) is 4.79 Å². The highest BCUT2D eigenvalue weighted by molar-refractivity contribution is 5.80. The molecule has 0 aliphatic heterocycles. The molecule has 0 saturated carbocycles. The molecular formula is C17H28O2. The SMILES string of the molecule is CCCCCCCCCC\C=C/C=C\C=C/C(=O)O. The average Bonchev–Trinajstić information content (AvgIpc) is 2.39. The van der Waals surface area contributed by atoms with Crippen LogP contribution in [0.15, 0.2) is 36.5 Å². The van der Waals surface area contributed by atoms with Crippen molar-refractivity contribution in [3.63, 3.8) is 0 Å². The van der Waals surface area contributed by atoms with Crippen LogP contribution in [0.3, 0.4) is 0 Å². The van der Waals surface area contributed by atoms with Crippen molar-refractivity contribution in [1.82, 2.24) is 0 Å². The smallest absolute Gasteiger partial charge is 0.328 e. The number of carboxylic acids is 1. The molecule has 19 heavy (non-hydrogen) atoms. The van der Waals surface area contributed by atoms with Crippen molar-refractivity contribution in [3.8, 4) is 0 Å². The van der Waals surface area contributed by atoms with Crippen LogP contribution in [-0.2, 0) is 4.79 Å². The van der Waals surface area contributed by atoms with Crippen LogP contribution in [-0.4, -0.2) is 11.1 Å². The number of aliphatic carboxylic acids is 1. The van der Waals surface area contributed by atoms with Crippen molar-refractivity contribution in [2.45, 2.75) is 64.7 Å². The van der Waals surface area contributed by atoms with Gasteiger partial charge >= 0.3 is 5.97 Å². The molecule has 0 amide bonds. The van der Waals surface area contributed by atoms with Crippen LogP contribution in [0.4, 0.5) is 0 Å². The number of rotatable bonds is 12. The van der Waals surface area contributed by atoms with E-state index in [1.807, 2.05) is 12.2 Å². The zero-order valence-corrected chi connectivity index (χ0v) is 12.2. The van der Waals surface area contributed by atoms with Gasteiger partial charge in [0.1, 0.15) is 0 Å². The Kier molecular flexibility index (Phi) is 13.7. The molecule has 0 saturated heterocycles. The summed E-state index contributed by atoms with van der Waals surface area (Å²) in [6.45, 7) is 2.25. The normalized spacial score (nSPS) is 12.1. The Balaban J connectivity index is 3.27. The molecule has 0 unspecified atom stereocenters. The number of hydrogen-bond acceptors (Lipinski definition) is 1. The fourth-order valence-electron chi connectivity index (χ4n) is 1.84. The first-order valence-corrected chi connectivity index (χ1v) is 7.50. The first kappa shape index (κ1) is 17.7. The van der Waals surface area contributed by atoms with Crippen molar-refractivity contribution in [2.75, 3.05) is 0 Å². The van der Waals surface area contributed by atoms with Crippen molar-refractivity contribution in [3.05, 3.63) is 36.5 Å². The van der Waals surface area contributed by atoms with Gasteiger partial charge in [-0.1, -0.05) is 82.2 Å².